The number of carbonyl (C=O) groups excluding carboxylic acids is 1. The molecule has 0 aliphatic carbocycles. The Balaban J connectivity index is 3.47. The van der Waals surface area contributed by atoms with E-state index in [-0.39, 0.29) is 17.1 Å². The van der Waals surface area contributed by atoms with Gasteiger partial charge < -0.3 is 9.84 Å². The van der Waals surface area contributed by atoms with Crippen LogP contribution >= 0.6 is 27.5 Å². The Morgan fingerprint density at radius 2 is 2.31 bits per heavy atom. The van der Waals surface area contributed by atoms with Crippen molar-refractivity contribution < 1.29 is 14.6 Å². The number of carbonyl (C=O) groups is 1. The van der Waals surface area contributed by atoms with E-state index in [2.05, 4.69) is 15.9 Å². The number of aldehydes is 1. The van der Waals surface area contributed by atoms with Crippen molar-refractivity contribution in [1.82, 2.24) is 0 Å². The Labute approximate surface area is 88.4 Å². The van der Waals surface area contributed by atoms with Gasteiger partial charge in [-0.05, 0) is 15.9 Å². The zero-order valence-corrected chi connectivity index (χ0v) is 9.02. The van der Waals surface area contributed by atoms with Gasteiger partial charge in [-0.2, -0.15) is 0 Å². The van der Waals surface area contributed by atoms with Crippen LogP contribution in [0.3, 0.4) is 0 Å². The topological polar surface area (TPSA) is 46.5 Å². The van der Waals surface area contributed by atoms with Gasteiger partial charge in [0.25, 0.3) is 0 Å². The fraction of sp³-hybridized carbons (Fsp3) is 0.125. The molecule has 1 rings (SSSR count). The number of benzene rings is 1. The lowest BCUT2D eigenvalue weighted by atomic mass is 10.2. The Kier molecular flexibility index (Phi) is 3.17. The van der Waals surface area contributed by atoms with Gasteiger partial charge in [0.2, 0.25) is 0 Å². The summed E-state index contributed by atoms with van der Waals surface area (Å²) in [6.07, 6.45) is 0.508. The zero-order chi connectivity index (χ0) is 10.0. The third-order valence-electron chi connectivity index (χ3n) is 1.53. The Bertz CT molecular complexity index is 352. The molecule has 13 heavy (non-hydrogen) atoms. The van der Waals surface area contributed by atoms with Crippen molar-refractivity contribution in [2.45, 2.75) is 0 Å². The summed E-state index contributed by atoms with van der Waals surface area (Å²) in [6.45, 7) is 0. The van der Waals surface area contributed by atoms with Gasteiger partial charge in [-0.15, -0.1) is 0 Å². The molecule has 0 fully saturated rings. The highest BCUT2D eigenvalue weighted by Crippen LogP contribution is 2.38. The molecular weight excluding hydrogens is 259 g/mol. The van der Waals surface area contributed by atoms with Crippen LogP contribution in [0.1, 0.15) is 10.4 Å². The molecule has 1 aromatic rings. The van der Waals surface area contributed by atoms with Crippen LogP contribution in [0.5, 0.6) is 11.5 Å². The number of hydrogen-bond acceptors (Lipinski definition) is 3. The van der Waals surface area contributed by atoms with Crippen LogP contribution in [0.25, 0.3) is 0 Å². The van der Waals surface area contributed by atoms with Crippen molar-refractivity contribution >= 4 is 33.8 Å². The molecule has 0 atom stereocenters. The first-order chi connectivity index (χ1) is 6.11. The van der Waals surface area contributed by atoms with Crippen molar-refractivity contribution in [2.24, 2.45) is 0 Å². The molecule has 0 saturated heterocycles. The van der Waals surface area contributed by atoms with E-state index in [9.17, 15) is 9.90 Å². The zero-order valence-electron chi connectivity index (χ0n) is 6.67. The van der Waals surface area contributed by atoms with Crippen LogP contribution in [0.4, 0.5) is 0 Å². The van der Waals surface area contributed by atoms with Gasteiger partial charge in [-0.1, -0.05) is 11.6 Å². The van der Waals surface area contributed by atoms with E-state index >= 15 is 0 Å². The highest BCUT2D eigenvalue weighted by molar-refractivity contribution is 9.10. The van der Waals surface area contributed by atoms with Crippen LogP contribution < -0.4 is 4.74 Å². The van der Waals surface area contributed by atoms with Crippen molar-refractivity contribution in [3.8, 4) is 11.5 Å². The molecule has 0 bridgehead atoms. The number of hydrogen-bond donors (Lipinski definition) is 1. The summed E-state index contributed by atoms with van der Waals surface area (Å²) < 4.78 is 5.17. The molecule has 3 nitrogen and oxygen atoms in total. The first kappa shape index (κ1) is 10.3. The number of phenols is 1. The molecular formula is C8H6BrClO3. The van der Waals surface area contributed by atoms with Crippen molar-refractivity contribution in [2.75, 3.05) is 7.11 Å². The predicted molar refractivity (Wildman–Crippen MR) is 52.8 cm³/mol. The fourth-order valence-electron chi connectivity index (χ4n) is 0.875. The number of ether oxygens (including phenoxy) is 1. The highest BCUT2D eigenvalue weighted by atomic mass is 79.9. The van der Waals surface area contributed by atoms with Gasteiger partial charge in [0.15, 0.2) is 17.8 Å². The maximum Gasteiger partial charge on any atom is 0.169 e. The van der Waals surface area contributed by atoms with Crippen LogP contribution in [0.2, 0.25) is 5.02 Å². The second-order valence-corrected chi connectivity index (χ2v) is 3.45. The van der Waals surface area contributed by atoms with E-state index in [0.29, 0.717) is 15.8 Å². The van der Waals surface area contributed by atoms with Crippen LogP contribution in [-0.4, -0.2) is 18.5 Å². The van der Waals surface area contributed by atoms with Gasteiger partial charge in [-0.25, -0.2) is 0 Å². The van der Waals surface area contributed by atoms with Gasteiger partial charge in [0, 0.05) is 6.07 Å². The second-order valence-electron chi connectivity index (χ2n) is 2.25. The highest BCUT2D eigenvalue weighted by Gasteiger charge is 2.14. The Morgan fingerprint density at radius 3 is 2.77 bits per heavy atom. The minimum atomic E-state index is -0.214. The van der Waals surface area contributed by atoms with Gasteiger partial charge in [-0.3, -0.25) is 4.79 Å². The molecule has 70 valence electrons. The summed E-state index contributed by atoms with van der Waals surface area (Å²) >= 11 is 8.83. The summed E-state index contributed by atoms with van der Waals surface area (Å²) in [5.41, 5.74) is 0.0874. The van der Waals surface area contributed by atoms with E-state index < -0.39 is 0 Å². The molecule has 0 aliphatic heterocycles. The molecule has 1 aromatic carbocycles. The fourth-order valence-corrected chi connectivity index (χ4v) is 1.47. The van der Waals surface area contributed by atoms with E-state index in [1.165, 1.54) is 13.2 Å². The normalized spacial score (nSPS) is 9.77. The van der Waals surface area contributed by atoms with E-state index in [0.717, 1.165) is 0 Å². The smallest absolute Gasteiger partial charge is 0.169 e. The first-order valence-electron chi connectivity index (χ1n) is 3.32. The monoisotopic (exact) mass is 264 g/mol. The lowest BCUT2D eigenvalue weighted by molar-refractivity contribution is 0.111. The largest absolute Gasteiger partial charge is 0.504 e. The molecule has 0 spiro atoms. The molecule has 5 heteroatoms. The third-order valence-corrected chi connectivity index (χ3v) is 2.91. The molecule has 0 aromatic heterocycles. The first-order valence-corrected chi connectivity index (χ1v) is 4.49. The summed E-state index contributed by atoms with van der Waals surface area (Å²) in [6, 6.07) is 1.42. The van der Waals surface area contributed by atoms with Gasteiger partial charge in [0.05, 0.1) is 22.2 Å². The summed E-state index contributed by atoms with van der Waals surface area (Å²) in [4.78, 5) is 10.6. The Hall–Kier alpha value is -0.740. The molecule has 0 unspecified atom stereocenters. The van der Waals surface area contributed by atoms with Crippen molar-refractivity contribution in [3.63, 3.8) is 0 Å². The number of phenolic OH excluding ortho intramolecular Hbond substituents is 1. The quantitative estimate of drug-likeness (QED) is 0.836. The number of halogens is 2. The van der Waals surface area contributed by atoms with Crippen LogP contribution in [0.15, 0.2) is 10.5 Å². The van der Waals surface area contributed by atoms with Gasteiger partial charge in [0.1, 0.15) is 0 Å². The minimum Gasteiger partial charge on any atom is -0.504 e. The molecule has 0 aliphatic rings. The van der Waals surface area contributed by atoms with Crippen LogP contribution in [0, 0.1) is 0 Å². The minimum absolute atomic E-state index is 0.0874. The maximum atomic E-state index is 10.6. The predicted octanol–water partition coefficient (Wildman–Crippen LogP) is 2.63. The van der Waals surface area contributed by atoms with Gasteiger partial charge >= 0.3 is 0 Å². The molecule has 1 N–H and O–H groups in total. The SMILES string of the molecule is COc1cc(Cl)c(Br)c(C=O)c1O. The molecule has 0 saturated carbocycles. The van der Waals surface area contributed by atoms with E-state index in [4.69, 9.17) is 16.3 Å². The van der Waals surface area contributed by atoms with Crippen molar-refractivity contribution in [3.05, 3.63) is 21.1 Å². The maximum absolute atomic E-state index is 10.6. The summed E-state index contributed by atoms with van der Waals surface area (Å²) in [5.74, 6) is -0.0379. The lowest BCUT2D eigenvalue weighted by Gasteiger charge is -2.07. The average molecular weight is 265 g/mol. The second kappa shape index (κ2) is 3.98. The number of methoxy groups -OCH3 is 1. The molecule has 0 radical (unpaired) electrons. The Morgan fingerprint density at radius 1 is 1.69 bits per heavy atom. The number of aromatic hydroxyl groups is 1. The lowest BCUT2D eigenvalue weighted by Crippen LogP contribution is -1.90. The molecule has 0 amide bonds. The number of rotatable bonds is 2. The van der Waals surface area contributed by atoms with Crippen LogP contribution in [-0.2, 0) is 0 Å². The summed E-state index contributed by atoms with van der Waals surface area (Å²) in [5, 5.41) is 9.77. The standard InChI is InChI=1S/C8H6BrClO3/c1-13-6-2-5(10)7(9)4(3-11)8(6)12/h2-3,12H,1H3. The molecule has 0 heterocycles. The van der Waals surface area contributed by atoms with E-state index in [1.54, 1.807) is 0 Å². The van der Waals surface area contributed by atoms with Crippen molar-refractivity contribution in [1.29, 1.82) is 0 Å². The average Bonchev–Trinajstić information content (AvgIpc) is 2.12. The summed E-state index contributed by atoms with van der Waals surface area (Å²) in [7, 11) is 1.38. The third kappa shape index (κ3) is 1.78. The van der Waals surface area contributed by atoms with E-state index in [1.807, 2.05) is 0 Å².